The van der Waals surface area contributed by atoms with E-state index in [4.69, 9.17) is 23.2 Å². The molecule has 1 N–H and O–H groups in total. The van der Waals surface area contributed by atoms with Gasteiger partial charge in [-0.05, 0) is 104 Å². The summed E-state index contributed by atoms with van der Waals surface area (Å²) >= 11 is 13.2. The van der Waals surface area contributed by atoms with Crippen molar-refractivity contribution in [3.63, 3.8) is 0 Å². The normalized spacial score (nSPS) is 17.5. The van der Waals surface area contributed by atoms with Gasteiger partial charge in [0.05, 0.1) is 6.42 Å². The van der Waals surface area contributed by atoms with Gasteiger partial charge >= 0.3 is 0 Å². The number of rotatable bonds is 8. The molecule has 9 heteroatoms. The SMILES string of the molecule is O=C(Nc1cccc(N2CCCC2)c1)c1ccc(N2CCN(C(=O)Cc3c(Cl)cc(CN4CCCC4)cc3Cl)CC2)cc1. The zero-order valence-corrected chi connectivity index (χ0v) is 26.0. The molecule has 3 aliphatic rings. The van der Waals surface area contributed by atoms with E-state index in [1.807, 2.05) is 59.5 Å². The van der Waals surface area contributed by atoms with Crippen molar-refractivity contribution in [2.45, 2.75) is 38.6 Å². The summed E-state index contributed by atoms with van der Waals surface area (Å²) in [5.41, 5.74) is 5.42. The fourth-order valence-corrected chi connectivity index (χ4v) is 7.04. The fourth-order valence-electron chi connectivity index (χ4n) is 6.37. The van der Waals surface area contributed by atoms with Crippen LogP contribution in [0.3, 0.4) is 0 Å². The second-order valence-electron chi connectivity index (χ2n) is 11.8. The molecule has 0 bridgehead atoms. The Labute approximate surface area is 264 Å². The highest BCUT2D eigenvalue weighted by molar-refractivity contribution is 6.36. The van der Waals surface area contributed by atoms with Crippen LogP contribution in [0.25, 0.3) is 0 Å². The van der Waals surface area contributed by atoms with Crippen LogP contribution in [0.5, 0.6) is 0 Å². The first-order chi connectivity index (χ1) is 20.9. The first-order valence-corrected chi connectivity index (χ1v) is 16.2. The minimum absolute atomic E-state index is 0.0385. The molecule has 0 unspecified atom stereocenters. The van der Waals surface area contributed by atoms with Crippen molar-refractivity contribution in [1.29, 1.82) is 0 Å². The molecule has 3 aromatic carbocycles. The molecule has 0 atom stereocenters. The lowest BCUT2D eigenvalue weighted by Crippen LogP contribution is -2.49. The number of benzene rings is 3. The molecule has 7 nitrogen and oxygen atoms in total. The number of nitrogens with one attached hydrogen (secondary N) is 1. The van der Waals surface area contributed by atoms with Gasteiger partial charge in [0.15, 0.2) is 0 Å². The number of hydrogen-bond acceptors (Lipinski definition) is 5. The van der Waals surface area contributed by atoms with Gasteiger partial charge in [0.1, 0.15) is 0 Å². The molecule has 3 fully saturated rings. The van der Waals surface area contributed by atoms with Gasteiger partial charge in [0.25, 0.3) is 5.91 Å². The van der Waals surface area contributed by atoms with Crippen LogP contribution in [0.2, 0.25) is 10.0 Å². The molecular formula is C34H39Cl2N5O2. The van der Waals surface area contributed by atoms with Crippen LogP contribution >= 0.6 is 23.2 Å². The molecule has 3 heterocycles. The summed E-state index contributed by atoms with van der Waals surface area (Å²) in [6.07, 6.45) is 5.10. The number of amides is 2. The van der Waals surface area contributed by atoms with Crippen molar-refractivity contribution in [1.82, 2.24) is 9.80 Å². The second-order valence-corrected chi connectivity index (χ2v) is 12.6. The summed E-state index contributed by atoms with van der Waals surface area (Å²) in [6.45, 7) is 7.87. The summed E-state index contributed by atoms with van der Waals surface area (Å²) in [6, 6.07) is 19.7. The Kier molecular flexibility index (Phi) is 9.41. The number of hydrogen-bond donors (Lipinski definition) is 1. The molecule has 0 aromatic heterocycles. The van der Waals surface area contributed by atoms with Crippen LogP contribution < -0.4 is 15.1 Å². The summed E-state index contributed by atoms with van der Waals surface area (Å²) in [5, 5.41) is 4.18. The fraction of sp³-hybridized carbons (Fsp3) is 0.412. The number of carbonyl (C=O) groups is 2. The predicted molar refractivity (Wildman–Crippen MR) is 176 cm³/mol. The first kappa shape index (κ1) is 29.8. The Bertz CT molecular complexity index is 1420. The van der Waals surface area contributed by atoms with E-state index in [0.717, 1.165) is 68.4 Å². The Balaban J connectivity index is 1.00. The Hall–Kier alpha value is -3.26. The summed E-state index contributed by atoms with van der Waals surface area (Å²) in [5.74, 6) is -0.0847. The van der Waals surface area contributed by atoms with E-state index in [1.165, 1.54) is 25.7 Å². The van der Waals surface area contributed by atoms with Crippen LogP contribution in [0.15, 0.2) is 60.7 Å². The largest absolute Gasteiger partial charge is 0.371 e. The van der Waals surface area contributed by atoms with Gasteiger partial charge in [-0.1, -0.05) is 29.3 Å². The number of halogens is 2. The van der Waals surface area contributed by atoms with Crippen molar-refractivity contribution < 1.29 is 9.59 Å². The molecule has 6 rings (SSSR count). The van der Waals surface area contributed by atoms with Crippen LogP contribution in [0, 0.1) is 0 Å². The van der Waals surface area contributed by atoms with Crippen LogP contribution in [0.4, 0.5) is 17.1 Å². The summed E-state index contributed by atoms with van der Waals surface area (Å²) < 4.78 is 0. The third kappa shape index (κ3) is 7.28. The van der Waals surface area contributed by atoms with Gasteiger partial charge in [0, 0.05) is 78.5 Å². The lowest BCUT2D eigenvalue weighted by Gasteiger charge is -2.36. The molecule has 0 saturated carbocycles. The molecule has 43 heavy (non-hydrogen) atoms. The minimum Gasteiger partial charge on any atom is -0.371 e. The third-order valence-electron chi connectivity index (χ3n) is 8.84. The average molecular weight is 621 g/mol. The number of piperazine rings is 1. The van der Waals surface area contributed by atoms with Gasteiger partial charge in [0.2, 0.25) is 5.91 Å². The molecule has 3 saturated heterocycles. The van der Waals surface area contributed by atoms with E-state index in [0.29, 0.717) is 34.3 Å². The predicted octanol–water partition coefficient (Wildman–Crippen LogP) is 6.33. The van der Waals surface area contributed by atoms with Crippen molar-refractivity contribution in [3.8, 4) is 0 Å². The van der Waals surface area contributed by atoms with Crippen molar-refractivity contribution >= 4 is 52.1 Å². The van der Waals surface area contributed by atoms with Crippen LogP contribution in [-0.2, 0) is 17.8 Å². The van der Waals surface area contributed by atoms with Gasteiger partial charge in [-0.2, -0.15) is 0 Å². The Morgan fingerprint density at radius 1 is 0.698 bits per heavy atom. The minimum atomic E-state index is -0.123. The highest BCUT2D eigenvalue weighted by atomic mass is 35.5. The second kappa shape index (κ2) is 13.6. The number of nitrogens with zero attached hydrogens (tertiary/aromatic N) is 4. The molecule has 0 radical (unpaired) electrons. The van der Waals surface area contributed by atoms with E-state index in [-0.39, 0.29) is 18.2 Å². The Morgan fingerprint density at radius 3 is 2.00 bits per heavy atom. The maximum Gasteiger partial charge on any atom is 0.255 e. The van der Waals surface area contributed by atoms with Crippen LogP contribution in [-0.4, -0.2) is 74.0 Å². The van der Waals surface area contributed by atoms with Gasteiger partial charge in [-0.15, -0.1) is 0 Å². The lowest BCUT2D eigenvalue weighted by molar-refractivity contribution is -0.130. The van der Waals surface area contributed by atoms with Crippen LogP contribution in [0.1, 0.15) is 47.2 Å². The van der Waals surface area contributed by atoms with E-state index in [1.54, 1.807) is 0 Å². The molecule has 0 spiro atoms. The molecule has 2 amide bonds. The van der Waals surface area contributed by atoms with Gasteiger partial charge in [-0.25, -0.2) is 0 Å². The van der Waals surface area contributed by atoms with E-state index >= 15 is 0 Å². The quantitative estimate of drug-likeness (QED) is 0.319. The zero-order valence-electron chi connectivity index (χ0n) is 24.5. The number of likely N-dealkylation sites (tertiary alicyclic amines) is 1. The monoisotopic (exact) mass is 619 g/mol. The maximum absolute atomic E-state index is 13.2. The third-order valence-corrected chi connectivity index (χ3v) is 9.51. The Morgan fingerprint density at radius 2 is 1.33 bits per heavy atom. The standard InChI is InChI=1S/C34H39Cl2N5O2/c35-31-20-25(24-38-12-1-2-13-38)21-32(36)30(31)23-33(42)41-18-16-40(17-19-41)28-10-8-26(9-11-28)34(43)37-27-6-5-7-29(22-27)39-14-3-4-15-39/h5-11,20-22H,1-4,12-19,23-24H2,(H,37,43). The van der Waals surface area contributed by atoms with Gasteiger partial charge < -0.3 is 20.0 Å². The highest BCUT2D eigenvalue weighted by Gasteiger charge is 2.24. The highest BCUT2D eigenvalue weighted by Crippen LogP contribution is 2.29. The summed E-state index contributed by atoms with van der Waals surface area (Å²) in [4.78, 5) is 35.0. The van der Waals surface area contributed by atoms with Gasteiger partial charge in [-0.3, -0.25) is 14.5 Å². The first-order valence-electron chi connectivity index (χ1n) is 15.4. The molecule has 3 aliphatic heterocycles. The maximum atomic E-state index is 13.2. The van der Waals surface area contributed by atoms with Crippen molar-refractivity contribution in [2.24, 2.45) is 0 Å². The van der Waals surface area contributed by atoms with Crippen molar-refractivity contribution in [3.05, 3.63) is 87.4 Å². The van der Waals surface area contributed by atoms with E-state index in [2.05, 4.69) is 26.1 Å². The summed E-state index contributed by atoms with van der Waals surface area (Å²) in [7, 11) is 0. The zero-order chi connectivity index (χ0) is 29.8. The molecule has 3 aromatic rings. The molecule has 0 aliphatic carbocycles. The smallest absolute Gasteiger partial charge is 0.255 e. The van der Waals surface area contributed by atoms with Crippen molar-refractivity contribution in [2.75, 3.05) is 67.5 Å². The lowest BCUT2D eigenvalue weighted by atomic mass is 10.1. The average Bonchev–Trinajstić information content (AvgIpc) is 3.75. The topological polar surface area (TPSA) is 59.1 Å². The van der Waals surface area contributed by atoms with E-state index < -0.39 is 0 Å². The molecule has 226 valence electrons. The van der Waals surface area contributed by atoms with E-state index in [9.17, 15) is 9.59 Å². The number of anilines is 3. The molecular weight excluding hydrogens is 581 g/mol. The number of carbonyl (C=O) groups excluding carboxylic acids is 2.